The molecule has 92 valence electrons. The molecule has 2 aromatic rings. The Morgan fingerprint density at radius 3 is 2.26 bits per heavy atom. The molecule has 1 aliphatic heterocycles. The summed E-state index contributed by atoms with van der Waals surface area (Å²) in [5.74, 6) is 0. The van der Waals surface area contributed by atoms with E-state index in [1.165, 1.54) is 16.7 Å². The number of rotatable bonds is 2. The van der Waals surface area contributed by atoms with Crippen molar-refractivity contribution < 1.29 is 4.74 Å². The largest absolute Gasteiger partial charge is 0.351 e. The summed E-state index contributed by atoms with van der Waals surface area (Å²) in [5.41, 5.74) is 3.51. The summed E-state index contributed by atoms with van der Waals surface area (Å²) in [4.78, 5) is 0. The minimum Gasteiger partial charge on any atom is -0.351 e. The molecule has 0 radical (unpaired) electrons. The van der Waals surface area contributed by atoms with Crippen molar-refractivity contribution in [1.29, 1.82) is 0 Å². The standard InChI is InChI=1S/C18H14O/c1-3-8-14(9-4-1)16-12-7-13-18(17(16)19-18)15-10-5-2-6-11-15/h1-13,17H. The van der Waals surface area contributed by atoms with Gasteiger partial charge in [0.15, 0.2) is 0 Å². The lowest BCUT2D eigenvalue weighted by Gasteiger charge is -2.13. The van der Waals surface area contributed by atoms with E-state index in [-0.39, 0.29) is 11.7 Å². The van der Waals surface area contributed by atoms with Gasteiger partial charge in [0.1, 0.15) is 11.7 Å². The zero-order valence-electron chi connectivity index (χ0n) is 10.5. The average molecular weight is 246 g/mol. The molecule has 1 nitrogen and oxygen atoms in total. The van der Waals surface area contributed by atoms with Crippen molar-refractivity contribution in [3.05, 3.63) is 90.0 Å². The fourth-order valence-electron chi connectivity index (χ4n) is 2.86. The fraction of sp³-hybridized carbons (Fsp3) is 0.111. The molecule has 0 saturated carbocycles. The number of hydrogen-bond acceptors (Lipinski definition) is 1. The van der Waals surface area contributed by atoms with Crippen LogP contribution < -0.4 is 0 Å². The molecule has 1 fully saturated rings. The molecule has 1 heteroatoms. The number of allylic oxidation sites excluding steroid dienone is 2. The molecule has 2 unspecified atom stereocenters. The average Bonchev–Trinajstić information content (AvgIpc) is 3.25. The minimum atomic E-state index is -0.235. The van der Waals surface area contributed by atoms with Crippen molar-refractivity contribution >= 4 is 5.57 Å². The molecule has 19 heavy (non-hydrogen) atoms. The van der Waals surface area contributed by atoms with E-state index in [9.17, 15) is 0 Å². The van der Waals surface area contributed by atoms with E-state index >= 15 is 0 Å². The van der Waals surface area contributed by atoms with Gasteiger partial charge in [-0.3, -0.25) is 0 Å². The van der Waals surface area contributed by atoms with Crippen LogP contribution in [0.3, 0.4) is 0 Å². The van der Waals surface area contributed by atoms with Crippen LogP contribution in [-0.2, 0) is 10.3 Å². The smallest absolute Gasteiger partial charge is 0.143 e. The van der Waals surface area contributed by atoms with Gasteiger partial charge in [0.25, 0.3) is 0 Å². The van der Waals surface area contributed by atoms with E-state index in [4.69, 9.17) is 4.74 Å². The highest BCUT2D eigenvalue weighted by atomic mass is 16.6. The summed E-state index contributed by atoms with van der Waals surface area (Å²) in [7, 11) is 0. The van der Waals surface area contributed by atoms with Gasteiger partial charge in [-0.25, -0.2) is 0 Å². The summed E-state index contributed by atoms with van der Waals surface area (Å²) in [6, 6.07) is 20.9. The fourth-order valence-corrected chi connectivity index (χ4v) is 2.86. The Morgan fingerprint density at radius 2 is 1.53 bits per heavy atom. The van der Waals surface area contributed by atoms with E-state index in [0.717, 1.165) is 0 Å². The molecule has 0 bridgehead atoms. The van der Waals surface area contributed by atoms with Crippen molar-refractivity contribution in [2.24, 2.45) is 0 Å². The zero-order chi connectivity index (χ0) is 12.7. The number of benzene rings is 2. The summed E-state index contributed by atoms with van der Waals surface area (Å²) in [6.45, 7) is 0. The van der Waals surface area contributed by atoms with Crippen molar-refractivity contribution in [2.45, 2.75) is 11.7 Å². The van der Waals surface area contributed by atoms with Gasteiger partial charge in [-0.1, -0.05) is 72.8 Å². The van der Waals surface area contributed by atoms with Gasteiger partial charge in [0.2, 0.25) is 0 Å². The maximum atomic E-state index is 6.06. The van der Waals surface area contributed by atoms with E-state index in [0.29, 0.717) is 0 Å². The first kappa shape index (κ1) is 10.8. The molecule has 1 heterocycles. The Kier molecular flexibility index (Phi) is 2.23. The third kappa shape index (κ3) is 1.59. The lowest BCUT2D eigenvalue weighted by molar-refractivity contribution is 0.347. The van der Waals surface area contributed by atoms with Crippen LogP contribution in [0.1, 0.15) is 11.1 Å². The van der Waals surface area contributed by atoms with Crippen molar-refractivity contribution in [3.63, 3.8) is 0 Å². The quantitative estimate of drug-likeness (QED) is 0.731. The van der Waals surface area contributed by atoms with Crippen LogP contribution >= 0.6 is 0 Å². The predicted octanol–water partition coefficient (Wildman–Crippen LogP) is 3.93. The highest BCUT2D eigenvalue weighted by Gasteiger charge is 2.58. The summed E-state index contributed by atoms with van der Waals surface area (Å²) >= 11 is 0. The molecular weight excluding hydrogens is 232 g/mol. The molecule has 0 amide bonds. The van der Waals surface area contributed by atoms with Crippen LogP contribution in [0.2, 0.25) is 0 Å². The second-order valence-electron chi connectivity index (χ2n) is 5.00. The van der Waals surface area contributed by atoms with Crippen molar-refractivity contribution in [3.8, 4) is 0 Å². The molecule has 4 rings (SSSR count). The van der Waals surface area contributed by atoms with Gasteiger partial charge in [-0.05, 0) is 22.8 Å². The molecule has 1 saturated heterocycles. The van der Waals surface area contributed by atoms with Gasteiger partial charge in [0, 0.05) is 0 Å². The van der Waals surface area contributed by atoms with Gasteiger partial charge in [-0.2, -0.15) is 0 Å². The first-order chi connectivity index (χ1) is 9.40. The topological polar surface area (TPSA) is 12.5 Å². The Labute approximate surface area is 112 Å². The Bertz CT molecular complexity index is 655. The lowest BCUT2D eigenvalue weighted by atomic mass is 9.85. The van der Waals surface area contributed by atoms with Gasteiger partial charge in [0.05, 0.1) is 0 Å². The Balaban J connectivity index is 1.74. The second-order valence-corrected chi connectivity index (χ2v) is 5.00. The zero-order valence-corrected chi connectivity index (χ0v) is 10.5. The van der Waals surface area contributed by atoms with Crippen LogP contribution in [-0.4, -0.2) is 6.10 Å². The molecule has 0 aromatic heterocycles. The third-order valence-electron chi connectivity index (χ3n) is 3.88. The Morgan fingerprint density at radius 1 is 0.842 bits per heavy atom. The maximum absolute atomic E-state index is 6.06. The van der Waals surface area contributed by atoms with Crippen molar-refractivity contribution in [2.75, 3.05) is 0 Å². The number of ether oxygens (including phenoxy) is 1. The number of hydrogen-bond donors (Lipinski definition) is 0. The minimum absolute atomic E-state index is 0.155. The predicted molar refractivity (Wildman–Crippen MR) is 76.6 cm³/mol. The normalized spacial score (nSPS) is 27.6. The van der Waals surface area contributed by atoms with E-state index in [2.05, 4.69) is 66.8 Å². The molecule has 2 atom stereocenters. The molecule has 0 spiro atoms. The third-order valence-corrected chi connectivity index (χ3v) is 3.88. The van der Waals surface area contributed by atoms with Crippen LogP contribution in [0.4, 0.5) is 0 Å². The van der Waals surface area contributed by atoms with Gasteiger partial charge in [-0.15, -0.1) is 0 Å². The number of fused-ring (bicyclic) bond motifs is 1. The summed E-state index contributed by atoms with van der Waals surface area (Å²) in [5, 5.41) is 0. The first-order valence-electron chi connectivity index (χ1n) is 6.58. The van der Waals surface area contributed by atoms with E-state index in [1.54, 1.807) is 0 Å². The lowest BCUT2D eigenvalue weighted by Crippen LogP contribution is -2.13. The highest BCUT2D eigenvalue weighted by Crippen LogP contribution is 2.55. The van der Waals surface area contributed by atoms with Crippen LogP contribution in [0.15, 0.2) is 78.9 Å². The Hall–Kier alpha value is -2.12. The van der Waals surface area contributed by atoms with Crippen LogP contribution in [0.5, 0.6) is 0 Å². The summed E-state index contributed by atoms with van der Waals surface area (Å²) < 4.78 is 6.06. The SMILES string of the molecule is C1=CC2(c3ccccc3)OC2C(c2ccccc2)=C1. The van der Waals surface area contributed by atoms with Gasteiger partial charge < -0.3 is 4.74 Å². The summed E-state index contributed by atoms with van der Waals surface area (Å²) in [6.07, 6.45) is 6.59. The van der Waals surface area contributed by atoms with E-state index < -0.39 is 0 Å². The van der Waals surface area contributed by atoms with Crippen molar-refractivity contribution in [1.82, 2.24) is 0 Å². The first-order valence-corrected chi connectivity index (χ1v) is 6.58. The molecular formula is C18H14O. The van der Waals surface area contributed by atoms with E-state index in [1.807, 2.05) is 12.1 Å². The van der Waals surface area contributed by atoms with Gasteiger partial charge >= 0.3 is 0 Å². The second kappa shape index (κ2) is 3.94. The highest BCUT2D eigenvalue weighted by molar-refractivity contribution is 5.77. The molecule has 2 aromatic carbocycles. The molecule has 2 aliphatic rings. The monoisotopic (exact) mass is 246 g/mol. The number of epoxide rings is 1. The molecule has 1 aliphatic carbocycles. The van der Waals surface area contributed by atoms with Crippen LogP contribution in [0.25, 0.3) is 5.57 Å². The van der Waals surface area contributed by atoms with Crippen LogP contribution in [0, 0.1) is 0 Å². The maximum Gasteiger partial charge on any atom is 0.143 e. The molecule has 0 N–H and O–H groups in total.